The molecule has 0 spiro atoms. The maximum Gasteiger partial charge on any atom is 0.261 e. The molecule has 0 radical (unpaired) electrons. The highest BCUT2D eigenvalue weighted by atomic mass is 16.5. The Kier molecular flexibility index (Phi) is 8.25. The Morgan fingerprint density at radius 3 is 2.41 bits per heavy atom. The Morgan fingerprint density at radius 2 is 1.76 bits per heavy atom. The van der Waals surface area contributed by atoms with Crippen LogP contribution < -0.4 is 10.1 Å². The fourth-order valence-corrected chi connectivity index (χ4v) is 3.27. The number of ether oxygens (including phenoxy) is 1. The van der Waals surface area contributed by atoms with Gasteiger partial charge in [0.15, 0.2) is 6.61 Å². The molecule has 29 heavy (non-hydrogen) atoms. The number of benzene rings is 2. The van der Waals surface area contributed by atoms with Crippen LogP contribution in [-0.2, 0) is 16.1 Å². The number of nitrogens with zero attached hydrogens (tertiary/aromatic N) is 1. The fourth-order valence-electron chi connectivity index (χ4n) is 3.27. The van der Waals surface area contributed by atoms with Gasteiger partial charge in [0.1, 0.15) is 11.8 Å². The molecule has 2 amide bonds. The largest absolute Gasteiger partial charge is 0.483 e. The molecule has 2 rings (SSSR count). The number of likely N-dealkylation sites (N-methyl/N-ethyl adjacent to an activating group) is 1. The number of hydrogen-bond acceptors (Lipinski definition) is 3. The number of amides is 2. The molecule has 0 aliphatic heterocycles. The molecule has 0 bridgehead atoms. The van der Waals surface area contributed by atoms with Crippen molar-refractivity contribution in [2.24, 2.45) is 0 Å². The number of hydrogen-bond donors (Lipinski definition) is 1. The third kappa shape index (κ3) is 6.08. The van der Waals surface area contributed by atoms with Gasteiger partial charge in [-0.05, 0) is 62.4 Å². The van der Waals surface area contributed by atoms with Gasteiger partial charge >= 0.3 is 0 Å². The van der Waals surface area contributed by atoms with E-state index in [1.807, 2.05) is 77.1 Å². The average Bonchev–Trinajstić information content (AvgIpc) is 2.70. The minimum absolute atomic E-state index is 0.105. The Morgan fingerprint density at radius 1 is 1.03 bits per heavy atom. The first-order valence-electron chi connectivity index (χ1n) is 10.2. The lowest BCUT2D eigenvalue weighted by Gasteiger charge is -2.31. The van der Waals surface area contributed by atoms with Gasteiger partial charge in [-0.3, -0.25) is 9.59 Å². The lowest BCUT2D eigenvalue weighted by Crippen LogP contribution is -2.50. The minimum Gasteiger partial charge on any atom is -0.483 e. The summed E-state index contributed by atoms with van der Waals surface area (Å²) in [4.78, 5) is 27.4. The summed E-state index contributed by atoms with van der Waals surface area (Å²) in [6, 6.07) is 13.3. The number of carbonyl (C=O) groups excluding carboxylic acids is 2. The zero-order valence-electron chi connectivity index (χ0n) is 18.1. The van der Waals surface area contributed by atoms with E-state index in [2.05, 4.69) is 5.32 Å². The van der Waals surface area contributed by atoms with Crippen LogP contribution in [0.2, 0.25) is 0 Å². The van der Waals surface area contributed by atoms with E-state index in [-0.39, 0.29) is 18.4 Å². The van der Waals surface area contributed by atoms with Crippen molar-refractivity contribution in [2.75, 3.05) is 13.2 Å². The lowest BCUT2D eigenvalue weighted by molar-refractivity contribution is -0.142. The molecular formula is C24H32N2O3. The summed E-state index contributed by atoms with van der Waals surface area (Å²) in [5.74, 6) is 0.358. The fraction of sp³-hybridized carbons (Fsp3) is 0.417. The topological polar surface area (TPSA) is 58.6 Å². The van der Waals surface area contributed by atoms with Crippen LogP contribution in [0.1, 0.15) is 42.5 Å². The quantitative estimate of drug-likeness (QED) is 0.699. The molecule has 1 N–H and O–H groups in total. The number of aryl methyl sites for hydroxylation is 3. The van der Waals surface area contributed by atoms with E-state index in [9.17, 15) is 9.59 Å². The van der Waals surface area contributed by atoms with Gasteiger partial charge in [0.25, 0.3) is 5.91 Å². The van der Waals surface area contributed by atoms with Crippen molar-refractivity contribution in [2.45, 2.75) is 53.6 Å². The second-order valence-corrected chi connectivity index (χ2v) is 7.32. The van der Waals surface area contributed by atoms with Crippen molar-refractivity contribution in [3.8, 4) is 5.75 Å². The number of nitrogens with one attached hydrogen (secondary N) is 1. The molecule has 0 aliphatic rings. The highest BCUT2D eigenvalue weighted by Gasteiger charge is 2.29. The van der Waals surface area contributed by atoms with Crippen molar-refractivity contribution in [3.63, 3.8) is 0 Å². The van der Waals surface area contributed by atoms with E-state index in [0.29, 0.717) is 25.3 Å². The van der Waals surface area contributed by atoms with E-state index in [1.54, 1.807) is 4.90 Å². The molecule has 2 aromatic carbocycles. The predicted octanol–water partition coefficient (Wildman–Crippen LogP) is 3.93. The van der Waals surface area contributed by atoms with Crippen molar-refractivity contribution in [3.05, 3.63) is 64.7 Å². The maximum absolute atomic E-state index is 13.2. The summed E-state index contributed by atoms with van der Waals surface area (Å²) in [6.45, 7) is 10.5. The molecule has 1 atom stereocenters. The highest BCUT2D eigenvalue weighted by Crippen LogP contribution is 2.20. The Balaban J connectivity index is 2.24. The Labute approximate surface area is 174 Å². The summed E-state index contributed by atoms with van der Waals surface area (Å²) in [6.07, 6.45) is 0.535. The first kappa shape index (κ1) is 22.5. The zero-order chi connectivity index (χ0) is 21.4. The second-order valence-electron chi connectivity index (χ2n) is 7.32. The summed E-state index contributed by atoms with van der Waals surface area (Å²) in [5, 5.41) is 2.85. The van der Waals surface area contributed by atoms with Crippen LogP contribution in [0.5, 0.6) is 5.75 Å². The molecule has 156 valence electrons. The number of rotatable bonds is 9. The zero-order valence-corrected chi connectivity index (χ0v) is 18.1. The molecular weight excluding hydrogens is 364 g/mol. The van der Waals surface area contributed by atoms with Gasteiger partial charge in [-0.1, -0.05) is 43.3 Å². The van der Waals surface area contributed by atoms with Crippen molar-refractivity contribution in [1.29, 1.82) is 0 Å². The first-order valence-corrected chi connectivity index (χ1v) is 10.2. The lowest BCUT2D eigenvalue weighted by atomic mass is 10.1. The van der Waals surface area contributed by atoms with Gasteiger partial charge < -0.3 is 15.0 Å². The van der Waals surface area contributed by atoms with Crippen LogP contribution in [0.4, 0.5) is 0 Å². The Bertz CT molecular complexity index is 848. The monoisotopic (exact) mass is 396 g/mol. The van der Waals surface area contributed by atoms with E-state index in [1.165, 1.54) is 0 Å². The molecule has 0 aliphatic carbocycles. The van der Waals surface area contributed by atoms with Gasteiger partial charge in [0, 0.05) is 13.1 Å². The third-order valence-electron chi connectivity index (χ3n) is 5.03. The SMILES string of the molecule is CCNC(=O)[C@H](CC)N(Cc1ccccc1C)C(=O)COc1cc(C)ccc1C. The maximum atomic E-state index is 13.2. The van der Waals surface area contributed by atoms with E-state index >= 15 is 0 Å². The van der Waals surface area contributed by atoms with Crippen LogP contribution >= 0.6 is 0 Å². The van der Waals surface area contributed by atoms with E-state index in [0.717, 1.165) is 22.3 Å². The van der Waals surface area contributed by atoms with Crippen molar-refractivity contribution < 1.29 is 14.3 Å². The molecule has 0 heterocycles. The van der Waals surface area contributed by atoms with Gasteiger partial charge in [0.2, 0.25) is 5.91 Å². The summed E-state index contributed by atoms with van der Waals surface area (Å²) < 4.78 is 5.84. The predicted molar refractivity (Wildman–Crippen MR) is 116 cm³/mol. The van der Waals surface area contributed by atoms with Crippen molar-refractivity contribution in [1.82, 2.24) is 10.2 Å². The van der Waals surface area contributed by atoms with Gasteiger partial charge in [0.05, 0.1) is 0 Å². The number of carbonyl (C=O) groups is 2. The van der Waals surface area contributed by atoms with Crippen LogP contribution in [0.25, 0.3) is 0 Å². The summed E-state index contributed by atoms with van der Waals surface area (Å²) in [5.41, 5.74) is 4.16. The van der Waals surface area contributed by atoms with Crippen LogP contribution in [0.3, 0.4) is 0 Å². The second kappa shape index (κ2) is 10.6. The summed E-state index contributed by atoms with van der Waals surface area (Å²) >= 11 is 0. The molecule has 0 saturated carbocycles. The van der Waals surface area contributed by atoms with Crippen LogP contribution in [0.15, 0.2) is 42.5 Å². The van der Waals surface area contributed by atoms with Crippen LogP contribution in [-0.4, -0.2) is 35.9 Å². The van der Waals surface area contributed by atoms with E-state index in [4.69, 9.17) is 4.74 Å². The molecule has 5 heteroatoms. The van der Waals surface area contributed by atoms with Gasteiger partial charge in [-0.25, -0.2) is 0 Å². The van der Waals surface area contributed by atoms with Crippen molar-refractivity contribution >= 4 is 11.8 Å². The molecule has 0 fully saturated rings. The minimum atomic E-state index is -0.538. The molecule has 0 unspecified atom stereocenters. The molecule has 0 saturated heterocycles. The van der Waals surface area contributed by atoms with E-state index < -0.39 is 6.04 Å². The average molecular weight is 397 g/mol. The van der Waals surface area contributed by atoms with Crippen LogP contribution in [0, 0.1) is 20.8 Å². The standard InChI is InChI=1S/C24H32N2O3/c1-6-21(24(28)25-7-2)26(15-20-11-9-8-10-18(20)4)23(27)16-29-22-14-17(3)12-13-19(22)5/h8-14,21H,6-7,15-16H2,1-5H3,(H,25,28)/t21-/m0/s1. The molecule has 5 nitrogen and oxygen atoms in total. The van der Waals surface area contributed by atoms with Gasteiger partial charge in [-0.2, -0.15) is 0 Å². The summed E-state index contributed by atoms with van der Waals surface area (Å²) in [7, 11) is 0. The normalized spacial score (nSPS) is 11.6. The first-order chi connectivity index (χ1) is 13.9. The molecule has 2 aromatic rings. The third-order valence-corrected chi connectivity index (χ3v) is 5.03. The highest BCUT2D eigenvalue weighted by molar-refractivity contribution is 5.88. The molecule has 0 aromatic heterocycles. The van der Waals surface area contributed by atoms with Gasteiger partial charge in [-0.15, -0.1) is 0 Å². The Hall–Kier alpha value is -2.82. The smallest absolute Gasteiger partial charge is 0.261 e.